The van der Waals surface area contributed by atoms with E-state index < -0.39 is 0 Å². The first kappa shape index (κ1) is 8.37. The van der Waals surface area contributed by atoms with E-state index in [0.717, 1.165) is 0 Å². The number of hydrogen-bond acceptors (Lipinski definition) is 3. The highest BCUT2D eigenvalue weighted by Gasteiger charge is 2.30. The highest BCUT2D eigenvalue weighted by molar-refractivity contribution is 9.12. The summed E-state index contributed by atoms with van der Waals surface area (Å²) in [6.45, 7) is 1.61. The van der Waals surface area contributed by atoms with Gasteiger partial charge < -0.3 is 0 Å². The van der Waals surface area contributed by atoms with Crippen LogP contribution in [0.4, 0.5) is 0 Å². The van der Waals surface area contributed by atoms with Crippen molar-refractivity contribution >= 4 is 27.5 Å². The predicted octanol–water partition coefficient (Wildman–Crippen LogP) is 1.46. The second kappa shape index (κ2) is 2.63. The van der Waals surface area contributed by atoms with E-state index >= 15 is 0 Å². The van der Waals surface area contributed by atoms with Crippen molar-refractivity contribution in [1.82, 2.24) is 10.2 Å². The fourth-order valence-electron chi connectivity index (χ4n) is 1.21. The Balaban J connectivity index is 2.71. The number of carbonyl (C=O) groups excluding carboxylic acids is 2. The standard InChI is InChI=1S/C8H5BrN2O2/c1-3-5(9)8(13)6-4(7(3)12)2-10-11-6/h2H,1H3,(H,10,11). The van der Waals surface area contributed by atoms with Gasteiger partial charge in [-0.2, -0.15) is 5.10 Å². The Hall–Kier alpha value is -1.23. The summed E-state index contributed by atoms with van der Waals surface area (Å²) in [6.07, 6.45) is 1.37. The lowest BCUT2D eigenvalue weighted by molar-refractivity contribution is 0.0980. The van der Waals surface area contributed by atoms with Crippen LogP contribution in [0.1, 0.15) is 27.8 Å². The molecule has 1 aromatic rings. The molecule has 0 saturated carbocycles. The molecule has 0 radical (unpaired) electrons. The molecular formula is C8H5BrN2O2. The lowest BCUT2D eigenvalue weighted by Crippen LogP contribution is -2.17. The van der Waals surface area contributed by atoms with E-state index in [1.54, 1.807) is 6.92 Å². The molecule has 1 aliphatic carbocycles. The molecule has 1 N–H and O–H groups in total. The van der Waals surface area contributed by atoms with E-state index in [2.05, 4.69) is 26.1 Å². The van der Waals surface area contributed by atoms with E-state index in [1.165, 1.54) is 6.20 Å². The van der Waals surface area contributed by atoms with Crippen molar-refractivity contribution in [3.8, 4) is 0 Å². The van der Waals surface area contributed by atoms with Gasteiger partial charge in [0, 0.05) is 5.57 Å². The summed E-state index contributed by atoms with van der Waals surface area (Å²) in [5.74, 6) is -0.375. The van der Waals surface area contributed by atoms with Gasteiger partial charge in [0.2, 0.25) is 5.78 Å². The number of Topliss-reactive ketones (excluding diaryl/α,β-unsaturated/α-hetero) is 2. The molecule has 0 atom stereocenters. The van der Waals surface area contributed by atoms with Crippen molar-refractivity contribution in [3.05, 3.63) is 27.5 Å². The lowest BCUT2D eigenvalue weighted by atomic mass is 9.96. The van der Waals surface area contributed by atoms with E-state index in [1.807, 2.05) is 0 Å². The summed E-state index contributed by atoms with van der Waals surface area (Å²) in [7, 11) is 0. The average molecular weight is 241 g/mol. The molecule has 0 bridgehead atoms. The molecule has 1 heterocycles. The summed E-state index contributed by atoms with van der Waals surface area (Å²) in [4.78, 5) is 23.0. The van der Waals surface area contributed by atoms with Gasteiger partial charge in [-0.1, -0.05) is 0 Å². The molecule has 0 aliphatic heterocycles. The quantitative estimate of drug-likeness (QED) is 0.747. The minimum atomic E-state index is -0.218. The first-order valence-electron chi connectivity index (χ1n) is 3.62. The van der Waals surface area contributed by atoms with E-state index in [4.69, 9.17) is 0 Å². The molecule has 0 unspecified atom stereocenters. The fraction of sp³-hybridized carbons (Fsp3) is 0.125. The molecule has 4 nitrogen and oxygen atoms in total. The topological polar surface area (TPSA) is 62.8 Å². The molecular weight excluding hydrogens is 236 g/mol. The SMILES string of the molecule is CC1=C(Br)C(=O)c2[nH]ncc2C1=O. The van der Waals surface area contributed by atoms with Gasteiger partial charge in [-0.25, -0.2) is 0 Å². The van der Waals surface area contributed by atoms with Gasteiger partial charge in [0.1, 0.15) is 5.69 Å². The van der Waals surface area contributed by atoms with Gasteiger partial charge in [-0.15, -0.1) is 0 Å². The third-order valence-corrected chi connectivity index (χ3v) is 2.94. The van der Waals surface area contributed by atoms with Crippen LogP contribution in [0.5, 0.6) is 0 Å². The van der Waals surface area contributed by atoms with Crippen LogP contribution in [0, 0.1) is 0 Å². The molecule has 0 spiro atoms. The predicted molar refractivity (Wildman–Crippen MR) is 48.9 cm³/mol. The number of H-pyrrole nitrogens is 1. The Labute approximate surface area is 82.1 Å². The number of nitrogens with one attached hydrogen (secondary N) is 1. The van der Waals surface area contributed by atoms with Crippen LogP contribution >= 0.6 is 15.9 Å². The molecule has 13 heavy (non-hydrogen) atoms. The maximum atomic E-state index is 11.5. The minimum absolute atomic E-state index is 0.157. The van der Waals surface area contributed by atoms with Crippen molar-refractivity contribution in [1.29, 1.82) is 0 Å². The van der Waals surface area contributed by atoms with Crippen LogP contribution in [0.3, 0.4) is 0 Å². The summed E-state index contributed by atoms with van der Waals surface area (Å²) in [5.41, 5.74) is 1.05. The number of halogens is 1. The van der Waals surface area contributed by atoms with Gasteiger partial charge in [0.05, 0.1) is 16.2 Å². The molecule has 0 saturated heterocycles. The first-order valence-corrected chi connectivity index (χ1v) is 4.41. The number of allylic oxidation sites excluding steroid dienone is 2. The third-order valence-electron chi connectivity index (χ3n) is 1.98. The van der Waals surface area contributed by atoms with Crippen LogP contribution in [0.25, 0.3) is 0 Å². The van der Waals surface area contributed by atoms with Gasteiger partial charge in [-0.3, -0.25) is 14.7 Å². The first-order chi connectivity index (χ1) is 6.13. The number of aromatic amines is 1. The number of rotatable bonds is 0. The van der Waals surface area contributed by atoms with E-state index in [9.17, 15) is 9.59 Å². The van der Waals surface area contributed by atoms with Crippen LogP contribution in [0.2, 0.25) is 0 Å². The molecule has 5 heteroatoms. The van der Waals surface area contributed by atoms with Gasteiger partial charge in [-0.05, 0) is 22.9 Å². The van der Waals surface area contributed by atoms with Crippen LogP contribution in [-0.4, -0.2) is 21.8 Å². The summed E-state index contributed by atoms with van der Waals surface area (Å²) >= 11 is 3.08. The molecule has 2 rings (SSSR count). The number of carbonyl (C=O) groups is 2. The Morgan fingerprint density at radius 3 is 2.77 bits per heavy atom. The number of nitrogens with zero attached hydrogens (tertiary/aromatic N) is 1. The molecule has 1 aromatic heterocycles. The zero-order valence-electron chi connectivity index (χ0n) is 6.72. The average Bonchev–Trinajstić information content (AvgIpc) is 2.59. The van der Waals surface area contributed by atoms with Crippen molar-refractivity contribution in [2.75, 3.05) is 0 Å². The van der Waals surface area contributed by atoms with Crippen LogP contribution in [0.15, 0.2) is 16.3 Å². The monoisotopic (exact) mass is 240 g/mol. The van der Waals surface area contributed by atoms with E-state index in [-0.39, 0.29) is 17.3 Å². The normalized spacial score (nSPS) is 16.5. The molecule has 0 amide bonds. The maximum absolute atomic E-state index is 11.5. The summed E-state index contributed by atoms with van der Waals surface area (Å²) in [6, 6.07) is 0. The Morgan fingerprint density at radius 2 is 2.08 bits per heavy atom. The Bertz CT molecular complexity index is 406. The highest BCUT2D eigenvalue weighted by atomic mass is 79.9. The smallest absolute Gasteiger partial charge is 0.218 e. The largest absolute Gasteiger partial charge is 0.289 e. The number of aromatic nitrogens is 2. The van der Waals surface area contributed by atoms with Crippen molar-refractivity contribution in [2.24, 2.45) is 0 Å². The molecule has 0 fully saturated rings. The molecule has 0 aromatic carbocycles. The number of hydrogen-bond donors (Lipinski definition) is 1. The van der Waals surface area contributed by atoms with Crippen LogP contribution < -0.4 is 0 Å². The minimum Gasteiger partial charge on any atom is -0.289 e. The number of ketones is 2. The lowest BCUT2D eigenvalue weighted by Gasteiger charge is -2.09. The fourth-order valence-corrected chi connectivity index (χ4v) is 1.59. The van der Waals surface area contributed by atoms with Crippen molar-refractivity contribution in [3.63, 3.8) is 0 Å². The van der Waals surface area contributed by atoms with Crippen molar-refractivity contribution in [2.45, 2.75) is 6.92 Å². The zero-order valence-corrected chi connectivity index (χ0v) is 8.31. The number of fused-ring (bicyclic) bond motifs is 1. The molecule has 1 aliphatic rings. The maximum Gasteiger partial charge on any atom is 0.218 e. The third kappa shape index (κ3) is 1.00. The van der Waals surface area contributed by atoms with Crippen LogP contribution in [-0.2, 0) is 0 Å². The van der Waals surface area contributed by atoms with Gasteiger partial charge >= 0.3 is 0 Å². The second-order valence-corrected chi connectivity index (χ2v) is 3.55. The summed E-state index contributed by atoms with van der Waals surface area (Å²) < 4.78 is 0.314. The second-order valence-electron chi connectivity index (χ2n) is 2.76. The van der Waals surface area contributed by atoms with E-state index in [0.29, 0.717) is 15.6 Å². The Kier molecular flexibility index (Phi) is 1.69. The summed E-state index contributed by atoms with van der Waals surface area (Å²) in [5, 5.41) is 6.16. The Morgan fingerprint density at radius 1 is 1.38 bits per heavy atom. The zero-order chi connectivity index (χ0) is 9.59. The van der Waals surface area contributed by atoms with Gasteiger partial charge in [0.15, 0.2) is 5.78 Å². The van der Waals surface area contributed by atoms with Crippen molar-refractivity contribution < 1.29 is 9.59 Å². The highest BCUT2D eigenvalue weighted by Crippen LogP contribution is 2.27. The van der Waals surface area contributed by atoms with Gasteiger partial charge in [0.25, 0.3) is 0 Å². The molecule has 66 valence electrons.